The molecule has 0 bridgehead atoms. The van der Waals surface area contributed by atoms with Gasteiger partial charge in [-0.15, -0.1) is 11.3 Å². The SMILES string of the molecule is C[C@]1(C(=O)O)CC(c2cccs2)=NO1. The van der Waals surface area contributed by atoms with Gasteiger partial charge < -0.3 is 9.94 Å². The van der Waals surface area contributed by atoms with Crippen LogP contribution in [-0.4, -0.2) is 22.4 Å². The molecule has 0 aliphatic carbocycles. The number of hydrogen-bond donors (Lipinski definition) is 1. The van der Waals surface area contributed by atoms with Crippen LogP contribution in [0.25, 0.3) is 0 Å². The molecule has 4 nitrogen and oxygen atoms in total. The van der Waals surface area contributed by atoms with Crippen LogP contribution in [0.15, 0.2) is 22.7 Å². The van der Waals surface area contributed by atoms with Crippen LogP contribution < -0.4 is 0 Å². The van der Waals surface area contributed by atoms with Gasteiger partial charge in [0, 0.05) is 6.42 Å². The van der Waals surface area contributed by atoms with Gasteiger partial charge in [-0.25, -0.2) is 4.79 Å². The highest BCUT2D eigenvalue weighted by Gasteiger charge is 2.42. The first-order valence-corrected chi connectivity index (χ1v) is 5.02. The Morgan fingerprint density at radius 1 is 1.79 bits per heavy atom. The maximum Gasteiger partial charge on any atom is 0.351 e. The average Bonchev–Trinajstić information content (AvgIpc) is 2.72. The molecular weight excluding hydrogens is 202 g/mol. The largest absolute Gasteiger partial charge is 0.478 e. The van der Waals surface area contributed by atoms with Crippen LogP contribution in [0.4, 0.5) is 0 Å². The van der Waals surface area contributed by atoms with Crippen molar-refractivity contribution in [3.05, 3.63) is 22.4 Å². The van der Waals surface area contributed by atoms with E-state index in [1.54, 1.807) is 0 Å². The minimum Gasteiger partial charge on any atom is -0.478 e. The predicted octanol–water partition coefficient (Wildman–Crippen LogP) is 1.72. The molecule has 14 heavy (non-hydrogen) atoms. The van der Waals surface area contributed by atoms with Gasteiger partial charge in [-0.3, -0.25) is 0 Å². The summed E-state index contributed by atoms with van der Waals surface area (Å²) >= 11 is 1.53. The molecule has 2 heterocycles. The van der Waals surface area contributed by atoms with Crippen molar-refractivity contribution in [3.8, 4) is 0 Å². The number of carbonyl (C=O) groups is 1. The minimum atomic E-state index is -1.20. The van der Waals surface area contributed by atoms with Crippen LogP contribution in [0.1, 0.15) is 18.2 Å². The van der Waals surface area contributed by atoms with E-state index in [0.29, 0.717) is 12.1 Å². The van der Waals surface area contributed by atoms with Gasteiger partial charge in [-0.2, -0.15) is 0 Å². The maximum absolute atomic E-state index is 10.8. The Bertz CT molecular complexity index is 385. The van der Waals surface area contributed by atoms with Crippen LogP contribution in [-0.2, 0) is 9.63 Å². The number of aliphatic carboxylic acids is 1. The summed E-state index contributed by atoms with van der Waals surface area (Å²) in [4.78, 5) is 16.7. The summed E-state index contributed by atoms with van der Waals surface area (Å²) in [6, 6.07) is 3.80. The summed E-state index contributed by atoms with van der Waals surface area (Å²) in [5, 5.41) is 14.6. The molecular formula is C9H9NO3S. The van der Waals surface area contributed by atoms with Crippen molar-refractivity contribution in [2.45, 2.75) is 18.9 Å². The van der Waals surface area contributed by atoms with Gasteiger partial charge in [-0.1, -0.05) is 11.2 Å². The summed E-state index contributed by atoms with van der Waals surface area (Å²) in [6.45, 7) is 1.53. The number of nitrogens with zero attached hydrogens (tertiary/aromatic N) is 1. The second-order valence-corrected chi connectivity index (χ2v) is 4.27. The van der Waals surface area contributed by atoms with E-state index in [9.17, 15) is 4.79 Å². The second-order valence-electron chi connectivity index (χ2n) is 3.32. The molecule has 0 fully saturated rings. The fourth-order valence-corrected chi connectivity index (χ4v) is 1.94. The second kappa shape index (κ2) is 3.09. The van der Waals surface area contributed by atoms with Crippen molar-refractivity contribution in [2.75, 3.05) is 0 Å². The smallest absolute Gasteiger partial charge is 0.351 e. The highest BCUT2D eigenvalue weighted by molar-refractivity contribution is 7.12. The zero-order chi connectivity index (χ0) is 10.2. The van der Waals surface area contributed by atoms with E-state index in [0.717, 1.165) is 4.88 Å². The topological polar surface area (TPSA) is 58.9 Å². The number of rotatable bonds is 2. The molecule has 1 aliphatic heterocycles. The van der Waals surface area contributed by atoms with Crippen molar-refractivity contribution in [2.24, 2.45) is 5.16 Å². The highest BCUT2D eigenvalue weighted by Crippen LogP contribution is 2.28. The fourth-order valence-electron chi connectivity index (χ4n) is 1.23. The van der Waals surface area contributed by atoms with E-state index in [1.165, 1.54) is 18.3 Å². The first kappa shape index (κ1) is 9.21. The predicted molar refractivity (Wildman–Crippen MR) is 52.6 cm³/mol. The third-order valence-corrected chi connectivity index (χ3v) is 3.04. The van der Waals surface area contributed by atoms with Gasteiger partial charge in [0.15, 0.2) is 0 Å². The van der Waals surface area contributed by atoms with Crippen LogP contribution in [0.2, 0.25) is 0 Å². The van der Waals surface area contributed by atoms with Crippen molar-refractivity contribution in [3.63, 3.8) is 0 Å². The van der Waals surface area contributed by atoms with Gasteiger partial charge in [-0.05, 0) is 18.4 Å². The monoisotopic (exact) mass is 211 g/mol. The van der Waals surface area contributed by atoms with Crippen LogP contribution in [0.5, 0.6) is 0 Å². The molecule has 0 unspecified atom stereocenters. The molecule has 1 atom stereocenters. The Kier molecular flexibility index (Phi) is 2.03. The Morgan fingerprint density at radius 3 is 3.07 bits per heavy atom. The fraction of sp³-hybridized carbons (Fsp3) is 0.333. The van der Waals surface area contributed by atoms with Gasteiger partial charge in [0.05, 0.1) is 4.88 Å². The first-order chi connectivity index (χ1) is 6.62. The summed E-state index contributed by atoms with van der Waals surface area (Å²) in [5.74, 6) is -0.979. The van der Waals surface area contributed by atoms with E-state index in [4.69, 9.17) is 9.94 Å². The molecule has 0 aromatic carbocycles. The lowest BCUT2D eigenvalue weighted by molar-refractivity contribution is -0.160. The van der Waals surface area contributed by atoms with E-state index in [-0.39, 0.29) is 0 Å². The molecule has 1 N–H and O–H groups in total. The number of oxime groups is 1. The minimum absolute atomic E-state index is 0.322. The van der Waals surface area contributed by atoms with Crippen LogP contribution in [0, 0.1) is 0 Å². The Morgan fingerprint density at radius 2 is 2.57 bits per heavy atom. The van der Waals surface area contributed by atoms with Crippen molar-refractivity contribution < 1.29 is 14.7 Å². The number of hydrogen-bond acceptors (Lipinski definition) is 4. The molecule has 5 heteroatoms. The van der Waals surface area contributed by atoms with Crippen molar-refractivity contribution >= 4 is 23.0 Å². The van der Waals surface area contributed by atoms with Gasteiger partial charge in [0.25, 0.3) is 0 Å². The zero-order valence-electron chi connectivity index (χ0n) is 7.56. The molecule has 0 radical (unpaired) electrons. The summed E-state index contributed by atoms with van der Waals surface area (Å²) in [5.41, 5.74) is -0.482. The summed E-state index contributed by atoms with van der Waals surface area (Å²) in [7, 11) is 0. The Labute approximate surface area is 84.8 Å². The molecule has 0 saturated heterocycles. The lowest BCUT2D eigenvalue weighted by Crippen LogP contribution is -2.35. The highest BCUT2D eigenvalue weighted by atomic mass is 32.1. The summed E-state index contributed by atoms with van der Waals surface area (Å²) in [6.07, 6.45) is 0.322. The molecule has 0 amide bonds. The van der Waals surface area contributed by atoms with Crippen LogP contribution >= 0.6 is 11.3 Å². The molecule has 74 valence electrons. The van der Waals surface area contributed by atoms with Crippen molar-refractivity contribution in [1.82, 2.24) is 0 Å². The average molecular weight is 211 g/mol. The van der Waals surface area contributed by atoms with E-state index in [1.807, 2.05) is 17.5 Å². The van der Waals surface area contributed by atoms with Crippen molar-refractivity contribution in [1.29, 1.82) is 0 Å². The summed E-state index contributed by atoms with van der Waals surface area (Å²) < 4.78 is 0. The molecule has 2 rings (SSSR count). The lowest BCUT2D eigenvalue weighted by atomic mass is 10.00. The van der Waals surface area contributed by atoms with E-state index in [2.05, 4.69) is 5.16 Å². The maximum atomic E-state index is 10.8. The van der Waals surface area contributed by atoms with Gasteiger partial charge in [0.2, 0.25) is 5.60 Å². The van der Waals surface area contributed by atoms with E-state index < -0.39 is 11.6 Å². The lowest BCUT2D eigenvalue weighted by Gasteiger charge is -2.14. The first-order valence-electron chi connectivity index (χ1n) is 4.14. The number of carboxylic acids is 1. The molecule has 1 aromatic heterocycles. The third kappa shape index (κ3) is 1.39. The van der Waals surface area contributed by atoms with Gasteiger partial charge >= 0.3 is 5.97 Å². The normalized spacial score (nSPS) is 25.6. The Hall–Kier alpha value is -1.36. The van der Waals surface area contributed by atoms with Gasteiger partial charge in [0.1, 0.15) is 5.71 Å². The third-order valence-electron chi connectivity index (χ3n) is 2.12. The standard InChI is InChI=1S/C9H9NO3S/c1-9(8(11)12)5-6(10-13-9)7-3-2-4-14-7/h2-4H,5H2,1H3,(H,11,12)/t9-/m1/s1. The Balaban J connectivity index is 2.19. The van der Waals surface area contributed by atoms with E-state index >= 15 is 0 Å². The molecule has 0 saturated carbocycles. The number of thiophene rings is 1. The number of carboxylic acid groups (broad SMARTS) is 1. The molecule has 1 aromatic rings. The molecule has 1 aliphatic rings. The zero-order valence-corrected chi connectivity index (χ0v) is 8.37. The van der Waals surface area contributed by atoms with Crippen LogP contribution in [0.3, 0.4) is 0 Å². The quantitative estimate of drug-likeness (QED) is 0.810. The molecule has 0 spiro atoms.